The highest BCUT2D eigenvalue weighted by atomic mass is 19.1. The van der Waals surface area contributed by atoms with Crippen LogP contribution in [0.2, 0.25) is 0 Å². The molecular formula is C21H17F2N3O5. The summed E-state index contributed by atoms with van der Waals surface area (Å²) in [6.45, 7) is -0.830. The number of hydrogen-bond donors (Lipinski definition) is 2. The second kappa shape index (κ2) is 9.24. The van der Waals surface area contributed by atoms with Crippen LogP contribution in [0.5, 0.6) is 0 Å². The third-order valence-corrected chi connectivity index (χ3v) is 4.53. The maximum absolute atomic E-state index is 14.1. The molecule has 0 fully saturated rings. The minimum atomic E-state index is -1.86. The van der Waals surface area contributed by atoms with Crippen LogP contribution in [0.15, 0.2) is 53.5 Å². The second-order valence-electron chi connectivity index (χ2n) is 6.73. The van der Waals surface area contributed by atoms with Crippen LogP contribution in [0.25, 0.3) is 0 Å². The molecule has 1 aliphatic heterocycles. The molecule has 160 valence electrons. The van der Waals surface area contributed by atoms with Crippen LogP contribution in [0.1, 0.15) is 11.1 Å². The van der Waals surface area contributed by atoms with Gasteiger partial charge in [-0.2, -0.15) is 4.99 Å². The first-order valence-electron chi connectivity index (χ1n) is 9.16. The Balaban J connectivity index is 1.94. The number of benzene rings is 2. The molecule has 2 aromatic rings. The number of rotatable bonds is 7. The molecule has 8 nitrogen and oxygen atoms in total. The number of hydrogen-bond acceptors (Lipinski definition) is 4. The van der Waals surface area contributed by atoms with Crippen LogP contribution in [0.3, 0.4) is 0 Å². The van der Waals surface area contributed by atoms with E-state index in [0.29, 0.717) is 11.6 Å². The van der Waals surface area contributed by atoms with Crippen molar-refractivity contribution in [2.45, 2.75) is 13.0 Å². The van der Waals surface area contributed by atoms with Gasteiger partial charge >= 0.3 is 5.97 Å². The zero-order valence-corrected chi connectivity index (χ0v) is 16.0. The standard InChI is InChI=1S/C21H17F2N3O5/c22-14-7-6-13(15(23)9-14)8-16-25-20(30)18(19(29)24-10-17(27)28)21(31)26(16)11-12-4-2-1-3-5-12/h1-7,9,18H,8,10-11H2,(H,24,29)(H,27,28). The fourth-order valence-corrected chi connectivity index (χ4v) is 3.04. The van der Waals surface area contributed by atoms with Gasteiger partial charge in [0.1, 0.15) is 24.0 Å². The third-order valence-electron chi connectivity index (χ3n) is 4.53. The van der Waals surface area contributed by atoms with E-state index >= 15 is 0 Å². The van der Waals surface area contributed by atoms with E-state index in [9.17, 15) is 28.0 Å². The summed E-state index contributed by atoms with van der Waals surface area (Å²) in [6, 6.07) is 11.5. The van der Waals surface area contributed by atoms with E-state index in [2.05, 4.69) is 4.99 Å². The Hall–Kier alpha value is -3.95. The summed E-state index contributed by atoms with van der Waals surface area (Å²) in [5.74, 6) is -8.05. The molecule has 0 radical (unpaired) electrons. The van der Waals surface area contributed by atoms with E-state index in [1.807, 2.05) is 5.32 Å². The van der Waals surface area contributed by atoms with Gasteiger partial charge in [-0.15, -0.1) is 0 Å². The quantitative estimate of drug-likeness (QED) is 0.644. The molecule has 2 aromatic carbocycles. The van der Waals surface area contributed by atoms with E-state index in [1.165, 1.54) is 6.07 Å². The van der Waals surface area contributed by atoms with Gasteiger partial charge in [0, 0.05) is 12.5 Å². The average Bonchev–Trinajstić information content (AvgIpc) is 2.72. The van der Waals surface area contributed by atoms with E-state index in [0.717, 1.165) is 11.0 Å². The summed E-state index contributed by atoms with van der Waals surface area (Å²) in [6.07, 6.45) is -0.292. The van der Waals surface area contributed by atoms with Crippen molar-refractivity contribution >= 4 is 29.5 Å². The normalized spacial score (nSPS) is 16.1. The molecule has 0 spiro atoms. The lowest BCUT2D eigenvalue weighted by molar-refractivity contribution is -0.148. The van der Waals surface area contributed by atoms with Gasteiger partial charge < -0.3 is 10.4 Å². The van der Waals surface area contributed by atoms with E-state index in [-0.39, 0.29) is 24.4 Å². The first-order valence-corrected chi connectivity index (χ1v) is 9.16. The number of carbonyl (C=O) groups is 4. The molecule has 1 unspecified atom stereocenters. The molecule has 2 N–H and O–H groups in total. The van der Waals surface area contributed by atoms with Gasteiger partial charge in [-0.1, -0.05) is 36.4 Å². The molecule has 31 heavy (non-hydrogen) atoms. The van der Waals surface area contributed by atoms with Crippen molar-refractivity contribution in [2.75, 3.05) is 6.54 Å². The Morgan fingerprint density at radius 1 is 1.10 bits per heavy atom. The minimum Gasteiger partial charge on any atom is -0.480 e. The van der Waals surface area contributed by atoms with Crippen molar-refractivity contribution in [1.29, 1.82) is 0 Å². The number of carbonyl (C=O) groups excluding carboxylic acids is 3. The molecule has 0 aromatic heterocycles. The fourth-order valence-electron chi connectivity index (χ4n) is 3.04. The number of nitrogens with zero attached hydrogens (tertiary/aromatic N) is 2. The first kappa shape index (κ1) is 21.8. The topological polar surface area (TPSA) is 116 Å². The molecule has 0 bridgehead atoms. The van der Waals surface area contributed by atoms with Gasteiger partial charge in [-0.25, -0.2) is 8.78 Å². The lowest BCUT2D eigenvalue weighted by Gasteiger charge is -2.30. The number of halogens is 2. The molecule has 1 aliphatic rings. The van der Waals surface area contributed by atoms with Crippen molar-refractivity contribution in [3.63, 3.8) is 0 Å². The van der Waals surface area contributed by atoms with Crippen LogP contribution in [-0.4, -0.2) is 46.1 Å². The smallest absolute Gasteiger partial charge is 0.322 e. The molecule has 3 rings (SSSR count). The predicted molar refractivity (Wildman–Crippen MR) is 104 cm³/mol. The Kier molecular flexibility index (Phi) is 6.49. The van der Waals surface area contributed by atoms with E-state index in [1.54, 1.807) is 30.3 Å². The summed E-state index contributed by atoms with van der Waals surface area (Å²) in [7, 11) is 0. The van der Waals surface area contributed by atoms with Crippen LogP contribution in [-0.2, 0) is 32.1 Å². The molecular weight excluding hydrogens is 412 g/mol. The van der Waals surface area contributed by atoms with Gasteiger partial charge in [0.25, 0.3) is 11.8 Å². The SMILES string of the molecule is O=C(O)CNC(=O)C1C(=O)N=C(Cc2ccc(F)cc2F)N(Cc2ccccc2)C1=O. The molecule has 3 amide bonds. The van der Waals surface area contributed by atoms with E-state index in [4.69, 9.17) is 5.11 Å². The minimum absolute atomic E-state index is 0.00703. The highest BCUT2D eigenvalue weighted by Crippen LogP contribution is 2.21. The highest BCUT2D eigenvalue weighted by molar-refractivity contribution is 6.25. The zero-order valence-electron chi connectivity index (χ0n) is 16.0. The first-order chi connectivity index (χ1) is 14.8. The van der Waals surface area contributed by atoms with Crippen LogP contribution >= 0.6 is 0 Å². The number of aliphatic imine (C=N–C) groups is 1. The Bertz CT molecular complexity index is 1070. The van der Waals surface area contributed by atoms with Gasteiger partial charge in [0.15, 0.2) is 5.92 Å². The molecule has 1 atom stereocenters. The summed E-state index contributed by atoms with van der Waals surface area (Å²) in [4.78, 5) is 53.3. The van der Waals surface area contributed by atoms with Crippen LogP contribution < -0.4 is 5.32 Å². The second-order valence-corrected chi connectivity index (χ2v) is 6.73. The van der Waals surface area contributed by atoms with Crippen molar-refractivity contribution in [1.82, 2.24) is 10.2 Å². The number of amidine groups is 1. The zero-order chi connectivity index (χ0) is 22.5. The van der Waals surface area contributed by atoms with Crippen LogP contribution in [0, 0.1) is 17.6 Å². The molecule has 1 heterocycles. The van der Waals surface area contributed by atoms with Gasteiger partial charge in [0.05, 0.1) is 6.54 Å². The molecule has 0 saturated heterocycles. The molecule has 0 aliphatic carbocycles. The maximum atomic E-state index is 14.1. The monoisotopic (exact) mass is 429 g/mol. The summed E-state index contributed by atoms with van der Waals surface area (Å²) >= 11 is 0. The van der Waals surface area contributed by atoms with Gasteiger partial charge in [0.2, 0.25) is 5.91 Å². The Morgan fingerprint density at radius 2 is 1.81 bits per heavy atom. The van der Waals surface area contributed by atoms with Crippen molar-refractivity contribution in [3.05, 3.63) is 71.3 Å². The van der Waals surface area contributed by atoms with Gasteiger partial charge in [-0.05, 0) is 17.2 Å². The largest absolute Gasteiger partial charge is 0.480 e. The number of nitrogens with one attached hydrogen (secondary N) is 1. The number of carboxylic acids is 1. The van der Waals surface area contributed by atoms with Crippen molar-refractivity contribution < 1.29 is 33.1 Å². The number of amides is 3. The maximum Gasteiger partial charge on any atom is 0.322 e. The summed E-state index contributed by atoms with van der Waals surface area (Å²) < 4.78 is 27.3. The highest BCUT2D eigenvalue weighted by Gasteiger charge is 2.42. The Labute approximate surface area is 175 Å². The Morgan fingerprint density at radius 3 is 2.45 bits per heavy atom. The van der Waals surface area contributed by atoms with Crippen LogP contribution in [0.4, 0.5) is 8.78 Å². The molecule has 10 heteroatoms. The lowest BCUT2D eigenvalue weighted by atomic mass is 10.0. The van der Waals surface area contributed by atoms with E-state index < -0.39 is 47.8 Å². The number of carboxylic acid groups (broad SMARTS) is 1. The predicted octanol–water partition coefficient (Wildman–Crippen LogP) is 1.29. The van der Waals surface area contributed by atoms with Crippen molar-refractivity contribution in [3.8, 4) is 0 Å². The van der Waals surface area contributed by atoms with Gasteiger partial charge in [-0.3, -0.25) is 24.1 Å². The fraction of sp³-hybridized carbons (Fsp3) is 0.190. The summed E-state index contributed by atoms with van der Waals surface area (Å²) in [5, 5.41) is 10.7. The van der Waals surface area contributed by atoms with Crippen molar-refractivity contribution in [2.24, 2.45) is 10.9 Å². The average molecular weight is 429 g/mol. The number of aliphatic carboxylic acids is 1. The lowest BCUT2D eigenvalue weighted by Crippen LogP contribution is -2.53. The molecule has 0 saturated carbocycles. The third kappa shape index (κ3) is 5.16. The summed E-state index contributed by atoms with van der Waals surface area (Å²) in [5.41, 5.74) is 0.662.